The Kier molecular flexibility index (Phi) is 4.46. The van der Waals surface area contributed by atoms with E-state index in [0.717, 1.165) is 18.5 Å². The van der Waals surface area contributed by atoms with Gasteiger partial charge in [0.1, 0.15) is 12.2 Å². The van der Waals surface area contributed by atoms with Crippen LogP contribution in [0.15, 0.2) is 24.5 Å². The smallest absolute Gasteiger partial charge is 0.165 e. The number of benzene rings is 1. The molecule has 1 unspecified atom stereocenters. The van der Waals surface area contributed by atoms with Crippen molar-refractivity contribution in [1.82, 2.24) is 20.5 Å². The number of methoxy groups -OCH3 is 1. The number of aromatic amines is 1. The average molecular weight is 264 g/mol. The molecule has 0 aliphatic rings. The van der Waals surface area contributed by atoms with Crippen molar-refractivity contribution in [3.05, 3.63) is 41.7 Å². The normalized spacial score (nSPS) is 12.4. The van der Waals surface area contributed by atoms with Gasteiger partial charge in [0, 0.05) is 0 Å². The molecule has 0 fully saturated rings. The number of nitrogens with one attached hydrogen (secondary N) is 2. The van der Waals surface area contributed by atoms with Gasteiger partial charge in [-0.15, -0.1) is 0 Å². The van der Waals surface area contributed by atoms with E-state index >= 15 is 0 Å². The van der Waals surface area contributed by atoms with Crippen LogP contribution >= 0.6 is 0 Å². The Labute approximate surface area is 111 Å². The third kappa shape index (κ3) is 3.08. The largest absolute Gasteiger partial charge is 0.494 e. The lowest BCUT2D eigenvalue weighted by molar-refractivity contribution is 0.385. The summed E-state index contributed by atoms with van der Waals surface area (Å²) in [4.78, 5) is 4.14. The second-order valence-corrected chi connectivity index (χ2v) is 4.15. The highest BCUT2D eigenvalue weighted by molar-refractivity contribution is 5.33. The second kappa shape index (κ2) is 6.29. The van der Waals surface area contributed by atoms with Crippen LogP contribution in [0.4, 0.5) is 4.39 Å². The monoisotopic (exact) mass is 264 g/mol. The standard InChI is InChI=1S/C13H17FN4O/c1-3-6-15-12(13-16-8-17-18-13)9-4-5-11(19-2)10(14)7-9/h4-5,7-8,12,15H,3,6H2,1-2H3,(H,16,17,18). The van der Waals surface area contributed by atoms with Crippen LogP contribution in [0.5, 0.6) is 5.75 Å². The van der Waals surface area contributed by atoms with Crippen molar-refractivity contribution in [3.63, 3.8) is 0 Å². The Balaban J connectivity index is 2.30. The van der Waals surface area contributed by atoms with Crippen LogP contribution in [-0.4, -0.2) is 28.8 Å². The number of aromatic nitrogens is 3. The third-order valence-corrected chi connectivity index (χ3v) is 2.81. The Morgan fingerprint density at radius 1 is 1.47 bits per heavy atom. The van der Waals surface area contributed by atoms with Crippen molar-refractivity contribution in [2.75, 3.05) is 13.7 Å². The molecule has 0 aliphatic heterocycles. The van der Waals surface area contributed by atoms with Crippen molar-refractivity contribution in [1.29, 1.82) is 0 Å². The van der Waals surface area contributed by atoms with E-state index < -0.39 is 0 Å². The highest BCUT2D eigenvalue weighted by Crippen LogP contribution is 2.24. The Morgan fingerprint density at radius 2 is 2.32 bits per heavy atom. The molecule has 0 amide bonds. The molecule has 2 aromatic rings. The van der Waals surface area contributed by atoms with Crippen LogP contribution < -0.4 is 10.1 Å². The summed E-state index contributed by atoms with van der Waals surface area (Å²) >= 11 is 0. The SMILES string of the molecule is CCCNC(c1ccc(OC)c(F)c1)c1ncn[nH]1. The third-order valence-electron chi connectivity index (χ3n) is 2.81. The van der Waals surface area contributed by atoms with Crippen molar-refractivity contribution in [2.45, 2.75) is 19.4 Å². The van der Waals surface area contributed by atoms with E-state index in [9.17, 15) is 4.39 Å². The van der Waals surface area contributed by atoms with Crippen LogP contribution in [0.25, 0.3) is 0 Å². The molecule has 0 aliphatic carbocycles. The molecule has 1 heterocycles. The van der Waals surface area contributed by atoms with E-state index in [2.05, 4.69) is 27.4 Å². The van der Waals surface area contributed by atoms with E-state index in [1.807, 2.05) is 6.07 Å². The average Bonchev–Trinajstić information content (AvgIpc) is 2.93. The van der Waals surface area contributed by atoms with Gasteiger partial charge >= 0.3 is 0 Å². The lowest BCUT2D eigenvalue weighted by Crippen LogP contribution is -2.24. The first-order valence-corrected chi connectivity index (χ1v) is 6.18. The van der Waals surface area contributed by atoms with Crippen molar-refractivity contribution >= 4 is 0 Å². The Bertz CT molecular complexity index is 515. The van der Waals surface area contributed by atoms with Gasteiger partial charge < -0.3 is 10.1 Å². The summed E-state index contributed by atoms with van der Waals surface area (Å²) in [7, 11) is 1.45. The topological polar surface area (TPSA) is 62.8 Å². The second-order valence-electron chi connectivity index (χ2n) is 4.15. The number of hydrogen-bond acceptors (Lipinski definition) is 4. The predicted octanol–water partition coefficient (Wildman–Crippen LogP) is 2.04. The number of nitrogens with zero attached hydrogens (tertiary/aromatic N) is 2. The first kappa shape index (κ1) is 13.5. The number of hydrogen-bond donors (Lipinski definition) is 2. The fourth-order valence-electron chi connectivity index (χ4n) is 1.88. The summed E-state index contributed by atoms with van der Waals surface area (Å²) in [5.41, 5.74) is 0.781. The molecule has 0 radical (unpaired) electrons. The molecule has 0 saturated carbocycles. The lowest BCUT2D eigenvalue weighted by atomic mass is 10.1. The minimum absolute atomic E-state index is 0.206. The maximum Gasteiger partial charge on any atom is 0.165 e. The van der Waals surface area contributed by atoms with Gasteiger partial charge in [0.15, 0.2) is 11.6 Å². The zero-order chi connectivity index (χ0) is 13.7. The van der Waals surface area contributed by atoms with Gasteiger partial charge in [0.25, 0.3) is 0 Å². The summed E-state index contributed by atoms with van der Waals surface area (Å²) in [5, 5.41) is 9.97. The summed E-state index contributed by atoms with van der Waals surface area (Å²) in [6.07, 6.45) is 2.42. The maximum atomic E-state index is 13.8. The van der Waals surface area contributed by atoms with E-state index in [4.69, 9.17) is 4.74 Å². The zero-order valence-electron chi connectivity index (χ0n) is 11.0. The van der Waals surface area contributed by atoms with E-state index in [0.29, 0.717) is 5.82 Å². The van der Waals surface area contributed by atoms with Gasteiger partial charge in [0.2, 0.25) is 0 Å². The molecule has 102 valence electrons. The van der Waals surface area contributed by atoms with Crippen LogP contribution in [-0.2, 0) is 0 Å². The molecular formula is C13H17FN4O. The maximum absolute atomic E-state index is 13.8. The summed E-state index contributed by atoms with van der Waals surface area (Å²) in [5.74, 6) is 0.511. The van der Waals surface area contributed by atoms with E-state index in [-0.39, 0.29) is 17.6 Å². The molecular weight excluding hydrogens is 247 g/mol. The fourth-order valence-corrected chi connectivity index (χ4v) is 1.88. The molecule has 1 aromatic heterocycles. The summed E-state index contributed by atoms with van der Waals surface area (Å²) in [6.45, 7) is 2.87. The molecule has 1 atom stereocenters. The van der Waals surface area contributed by atoms with Crippen LogP contribution in [0.3, 0.4) is 0 Å². The van der Waals surface area contributed by atoms with Crippen LogP contribution in [0.1, 0.15) is 30.8 Å². The lowest BCUT2D eigenvalue weighted by Gasteiger charge is -2.17. The molecule has 0 saturated heterocycles. The molecule has 2 N–H and O–H groups in total. The van der Waals surface area contributed by atoms with Crippen molar-refractivity contribution in [3.8, 4) is 5.75 Å². The van der Waals surface area contributed by atoms with E-state index in [1.54, 1.807) is 6.07 Å². The minimum Gasteiger partial charge on any atom is -0.494 e. The number of rotatable bonds is 6. The van der Waals surface area contributed by atoms with Gasteiger partial charge in [-0.2, -0.15) is 5.10 Å². The van der Waals surface area contributed by atoms with Crippen LogP contribution in [0.2, 0.25) is 0 Å². The Morgan fingerprint density at radius 3 is 2.89 bits per heavy atom. The van der Waals surface area contributed by atoms with E-state index in [1.165, 1.54) is 19.5 Å². The minimum atomic E-state index is -0.386. The van der Waals surface area contributed by atoms with Crippen molar-refractivity contribution < 1.29 is 9.13 Å². The zero-order valence-corrected chi connectivity index (χ0v) is 11.0. The molecule has 0 bridgehead atoms. The molecule has 5 nitrogen and oxygen atoms in total. The summed E-state index contributed by atoms with van der Waals surface area (Å²) < 4.78 is 18.7. The Hall–Kier alpha value is -1.95. The van der Waals surface area contributed by atoms with Crippen molar-refractivity contribution in [2.24, 2.45) is 0 Å². The van der Waals surface area contributed by atoms with Crippen LogP contribution in [0, 0.1) is 5.82 Å². The highest BCUT2D eigenvalue weighted by Gasteiger charge is 2.17. The highest BCUT2D eigenvalue weighted by atomic mass is 19.1. The van der Waals surface area contributed by atoms with Gasteiger partial charge in [-0.3, -0.25) is 5.10 Å². The fraction of sp³-hybridized carbons (Fsp3) is 0.385. The van der Waals surface area contributed by atoms with Gasteiger partial charge in [-0.1, -0.05) is 13.0 Å². The predicted molar refractivity (Wildman–Crippen MR) is 69.5 cm³/mol. The first-order valence-electron chi connectivity index (χ1n) is 6.18. The van der Waals surface area contributed by atoms with Gasteiger partial charge in [-0.05, 0) is 30.7 Å². The number of H-pyrrole nitrogens is 1. The molecule has 1 aromatic carbocycles. The first-order chi connectivity index (χ1) is 9.26. The van der Waals surface area contributed by atoms with Gasteiger partial charge in [-0.25, -0.2) is 9.37 Å². The molecule has 6 heteroatoms. The molecule has 19 heavy (non-hydrogen) atoms. The quantitative estimate of drug-likeness (QED) is 0.838. The molecule has 2 rings (SSSR count). The number of ether oxygens (including phenoxy) is 1. The summed E-state index contributed by atoms with van der Waals surface area (Å²) in [6, 6.07) is 4.68. The van der Waals surface area contributed by atoms with Gasteiger partial charge in [0.05, 0.1) is 13.2 Å². The number of halogens is 1. The molecule has 0 spiro atoms.